The first-order valence-corrected chi connectivity index (χ1v) is 11.8. The summed E-state index contributed by atoms with van der Waals surface area (Å²) in [6.07, 6.45) is 12.7. The molecular weight excluding hydrogens is 382 g/mol. The Morgan fingerprint density at radius 2 is 2.10 bits per heavy atom. The summed E-state index contributed by atoms with van der Waals surface area (Å²) in [5, 5.41) is 17.5. The molecule has 2 heterocycles. The molecule has 3 N–H and O–H groups in total. The number of hydrogen-bond acceptors (Lipinski definition) is 5. The van der Waals surface area contributed by atoms with Gasteiger partial charge < -0.3 is 15.7 Å². The van der Waals surface area contributed by atoms with Crippen LogP contribution >= 0.6 is 11.3 Å². The van der Waals surface area contributed by atoms with E-state index in [1.54, 1.807) is 17.4 Å². The highest BCUT2D eigenvalue weighted by Gasteiger charge is 2.21. The number of thiazole rings is 1. The summed E-state index contributed by atoms with van der Waals surface area (Å²) in [7, 11) is 0. The minimum Gasteiger partial charge on any atom is -0.507 e. The van der Waals surface area contributed by atoms with Crippen molar-refractivity contribution in [2.24, 2.45) is 0 Å². The zero-order valence-corrected chi connectivity index (χ0v) is 18.2. The number of carbonyl (C=O) groups excluding carboxylic acids is 1. The number of phenols is 1. The van der Waals surface area contributed by atoms with Crippen molar-refractivity contribution in [3.05, 3.63) is 34.8 Å². The molecule has 29 heavy (non-hydrogen) atoms. The number of amides is 1. The van der Waals surface area contributed by atoms with Crippen LogP contribution in [-0.4, -0.2) is 28.6 Å². The van der Waals surface area contributed by atoms with Crippen molar-refractivity contribution in [3.8, 4) is 16.3 Å². The number of nitrogens with one attached hydrogen (secondary N) is 2. The van der Waals surface area contributed by atoms with Crippen molar-refractivity contribution >= 4 is 17.2 Å². The van der Waals surface area contributed by atoms with Crippen LogP contribution in [0.5, 0.6) is 5.75 Å². The third-order valence-corrected chi connectivity index (χ3v) is 6.56. The summed E-state index contributed by atoms with van der Waals surface area (Å²) in [6.45, 7) is 3.57. The van der Waals surface area contributed by atoms with E-state index >= 15 is 0 Å². The lowest BCUT2D eigenvalue weighted by Crippen LogP contribution is -2.39. The summed E-state index contributed by atoms with van der Waals surface area (Å²) in [6, 6.07) is 5.50. The number of unbranched alkanes of at least 4 members (excludes halogenated alkanes) is 5. The molecule has 0 radical (unpaired) electrons. The van der Waals surface area contributed by atoms with Crippen LogP contribution < -0.4 is 10.6 Å². The van der Waals surface area contributed by atoms with Gasteiger partial charge in [-0.1, -0.05) is 45.1 Å². The lowest BCUT2D eigenvalue weighted by Gasteiger charge is -2.11. The van der Waals surface area contributed by atoms with E-state index < -0.39 is 0 Å². The third kappa shape index (κ3) is 6.54. The lowest BCUT2D eigenvalue weighted by molar-refractivity contribution is -0.122. The summed E-state index contributed by atoms with van der Waals surface area (Å²) < 4.78 is 0. The van der Waals surface area contributed by atoms with Crippen LogP contribution in [0.3, 0.4) is 0 Å². The Labute approximate surface area is 178 Å². The van der Waals surface area contributed by atoms with Gasteiger partial charge in [-0.25, -0.2) is 4.98 Å². The Hall–Kier alpha value is -1.92. The number of hydrogen-bond donors (Lipinski definition) is 3. The minimum atomic E-state index is -0.0803. The molecule has 2 aromatic rings. The van der Waals surface area contributed by atoms with E-state index in [0.29, 0.717) is 6.54 Å². The molecule has 1 aromatic carbocycles. The Kier molecular flexibility index (Phi) is 8.50. The molecule has 5 nitrogen and oxygen atoms in total. The van der Waals surface area contributed by atoms with Crippen molar-refractivity contribution < 1.29 is 9.90 Å². The average molecular weight is 416 g/mol. The van der Waals surface area contributed by atoms with Crippen LogP contribution in [0, 0.1) is 0 Å². The van der Waals surface area contributed by atoms with Gasteiger partial charge in [0.05, 0.1) is 11.6 Å². The first kappa shape index (κ1) is 21.8. The Bertz CT molecular complexity index is 784. The SMILES string of the molecule is CCCCCCCCc1cnc(-c2ccc(CNC(=O)C3CCCN3)cc2O)s1. The molecule has 0 aliphatic carbocycles. The summed E-state index contributed by atoms with van der Waals surface area (Å²) in [5.74, 6) is 0.251. The fourth-order valence-electron chi connectivity index (χ4n) is 3.72. The minimum absolute atomic E-state index is 0.0327. The Morgan fingerprint density at radius 3 is 2.86 bits per heavy atom. The highest BCUT2D eigenvalue weighted by Crippen LogP contribution is 2.33. The van der Waals surface area contributed by atoms with E-state index in [1.165, 1.54) is 43.4 Å². The fraction of sp³-hybridized carbons (Fsp3) is 0.565. The predicted octanol–water partition coefficient (Wildman–Crippen LogP) is 4.79. The second-order valence-corrected chi connectivity index (χ2v) is 8.98. The summed E-state index contributed by atoms with van der Waals surface area (Å²) in [5.41, 5.74) is 1.65. The molecule has 3 rings (SSSR count). The number of phenolic OH excluding ortho intramolecular Hbond substituents is 1. The zero-order chi connectivity index (χ0) is 20.5. The topological polar surface area (TPSA) is 74.2 Å². The van der Waals surface area contributed by atoms with Crippen molar-refractivity contribution in [2.45, 2.75) is 77.3 Å². The number of aryl methyl sites for hydroxylation is 1. The van der Waals surface area contributed by atoms with Crippen LogP contribution in [0.25, 0.3) is 10.6 Å². The molecule has 1 aliphatic rings. The standard InChI is InChI=1S/C23H33N3O2S/c1-2-3-4-5-6-7-9-18-16-26-23(29-18)19-12-11-17(14-21(19)27)15-25-22(28)20-10-8-13-24-20/h11-12,14,16,20,24,27H,2-10,13,15H2,1H3,(H,25,28). The summed E-state index contributed by atoms with van der Waals surface area (Å²) in [4.78, 5) is 17.9. The van der Waals surface area contributed by atoms with Crippen LogP contribution in [0.2, 0.25) is 0 Å². The monoisotopic (exact) mass is 415 g/mol. The molecule has 1 aromatic heterocycles. The van der Waals surface area contributed by atoms with Crippen LogP contribution in [-0.2, 0) is 17.8 Å². The molecule has 0 bridgehead atoms. The van der Waals surface area contributed by atoms with Crippen molar-refractivity contribution in [1.82, 2.24) is 15.6 Å². The Morgan fingerprint density at radius 1 is 1.28 bits per heavy atom. The Balaban J connectivity index is 1.49. The average Bonchev–Trinajstić information content (AvgIpc) is 3.41. The maximum Gasteiger partial charge on any atom is 0.237 e. The summed E-state index contributed by atoms with van der Waals surface area (Å²) >= 11 is 1.66. The van der Waals surface area contributed by atoms with E-state index in [4.69, 9.17) is 0 Å². The second kappa shape index (κ2) is 11.3. The largest absolute Gasteiger partial charge is 0.507 e. The molecule has 0 saturated carbocycles. The normalized spacial score (nSPS) is 16.2. The molecule has 1 amide bonds. The van der Waals surface area contributed by atoms with E-state index in [9.17, 15) is 9.90 Å². The first-order chi connectivity index (χ1) is 14.2. The smallest absolute Gasteiger partial charge is 0.237 e. The van der Waals surface area contributed by atoms with E-state index in [1.807, 2.05) is 18.3 Å². The highest BCUT2D eigenvalue weighted by molar-refractivity contribution is 7.15. The van der Waals surface area contributed by atoms with Crippen LogP contribution in [0.4, 0.5) is 0 Å². The van der Waals surface area contributed by atoms with Gasteiger partial charge in [-0.15, -0.1) is 11.3 Å². The van der Waals surface area contributed by atoms with Crippen molar-refractivity contribution in [3.63, 3.8) is 0 Å². The zero-order valence-electron chi connectivity index (χ0n) is 17.4. The second-order valence-electron chi connectivity index (χ2n) is 7.87. The highest BCUT2D eigenvalue weighted by atomic mass is 32.1. The molecular formula is C23H33N3O2S. The van der Waals surface area contributed by atoms with Gasteiger partial charge in [0.2, 0.25) is 5.91 Å². The number of carbonyl (C=O) groups is 1. The molecule has 0 spiro atoms. The van der Waals surface area contributed by atoms with E-state index in [-0.39, 0.29) is 17.7 Å². The fourth-order valence-corrected chi connectivity index (χ4v) is 4.70. The van der Waals surface area contributed by atoms with Gasteiger partial charge in [0, 0.05) is 17.6 Å². The lowest BCUT2D eigenvalue weighted by atomic mass is 10.1. The van der Waals surface area contributed by atoms with Crippen LogP contribution in [0.1, 0.15) is 68.7 Å². The quantitative estimate of drug-likeness (QED) is 0.462. The van der Waals surface area contributed by atoms with Gasteiger partial charge in [0.1, 0.15) is 10.8 Å². The molecule has 6 heteroatoms. The maximum absolute atomic E-state index is 12.1. The molecule has 1 saturated heterocycles. The van der Waals surface area contributed by atoms with Gasteiger partial charge in [-0.2, -0.15) is 0 Å². The van der Waals surface area contributed by atoms with Gasteiger partial charge in [-0.3, -0.25) is 4.79 Å². The molecule has 1 fully saturated rings. The van der Waals surface area contributed by atoms with Crippen molar-refractivity contribution in [1.29, 1.82) is 0 Å². The number of aromatic hydroxyl groups is 1. The first-order valence-electron chi connectivity index (χ1n) is 11.0. The van der Waals surface area contributed by atoms with E-state index in [2.05, 4.69) is 22.5 Å². The van der Waals surface area contributed by atoms with E-state index in [0.717, 1.165) is 41.9 Å². The van der Waals surface area contributed by atoms with Gasteiger partial charge >= 0.3 is 0 Å². The molecule has 1 aliphatic heterocycles. The van der Waals surface area contributed by atoms with Crippen LogP contribution in [0.15, 0.2) is 24.4 Å². The molecule has 1 unspecified atom stereocenters. The maximum atomic E-state index is 12.1. The number of rotatable bonds is 11. The molecule has 1 atom stereocenters. The third-order valence-electron chi connectivity index (χ3n) is 5.47. The van der Waals surface area contributed by atoms with Gasteiger partial charge in [0.25, 0.3) is 0 Å². The van der Waals surface area contributed by atoms with Gasteiger partial charge in [-0.05, 0) is 49.9 Å². The predicted molar refractivity (Wildman–Crippen MR) is 119 cm³/mol. The number of nitrogens with zero attached hydrogens (tertiary/aromatic N) is 1. The number of aromatic nitrogens is 1. The van der Waals surface area contributed by atoms with Crippen molar-refractivity contribution in [2.75, 3.05) is 6.54 Å². The van der Waals surface area contributed by atoms with Gasteiger partial charge in [0.15, 0.2) is 0 Å². The number of benzene rings is 1. The molecule has 158 valence electrons.